The summed E-state index contributed by atoms with van der Waals surface area (Å²) in [5.41, 5.74) is 0.311. The number of hydrogen-bond donors (Lipinski definition) is 1. The van der Waals surface area contributed by atoms with Gasteiger partial charge in [0.05, 0.1) is 12.7 Å². The monoisotopic (exact) mass is 250 g/mol. The van der Waals surface area contributed by atoms with E-state index in [0.29, 0.717) is 17.1 Å². The van der Waals surface area contributed by atoms with Crippen molar-refractivity contribution in [3.63, 3.8) is 0 Å². The van der Waals surface area contributed by atoms with Crippen LogP contribution in [0.2, 0.25) is 0 Å². The number of carboxylic acids is 1. The predicted molar refractivity (Wildman–Crippen MR) is 62.1 cm³/mol. The molecular weight excluding hydrogens is 239 g/mol. The molecule has 0 aliphatic heterocycles. The van der Waals surface area contributed by atoms with Crippen LogP contribution in [0.4, 0.5) is 4.39 Å². The van der Waals surface area contributed by atoms with Crippen molar-refractivity contribution < 1.29 is 19.0 Å². The normalized spacial score (nSPS) is 10.4. The van der Waals surface area contributed by atoms with Gasteiger partial charge < -0.3 is 14.4 Å². The zero-order chi connectivity index (χ0) is 13.3. The van der Waals surface area contributed by atoms with E-state index < -0.39 is 11.8 Å². The molecule has 1 aromatic carbocycles. The van der Waals surface area contributed by atoms with Crippen LogP contribution in [-0.2, 0) is 7.05 Å². The van der Waals surface area contributed by atoms with Gasteiger partial charge in [-0.3, -0.25) is 0 Å². The second kappa shape index (κ2) is 4.48. The standard InChI is InChI=1S/C12H11FN2O3/c1-15-6-9(12(16)17)14-11(15)8-5-7(13)3-4-10(8)18-2/h3-6H,1-2H3,(H,16,17). The van der Waals surface area contributed by atoms with E-state index in [9.17, 15) is 9.18 Å². The van der Waals surface area contributed by atoms with Gasteiger partial charge in [0, 0.05) is 13.2 Å². The molecule has 6 heteroatoms. The van der Waals surface area contributed by atoms with E-state index in [4.69, 9.17) is 9.84 Å². The third-order valence-electron chi connectivity index (χ3n) is 2.50. The van der Waals surface area contributed by atoms with Gasteiger partial charge >= 0.3 is 5.97 Å². The second-order valence-corrected chi connectivity index (χ2v) is 3.71. The summed E-state index contributed by atoms with van der Waals surface area (Å²) in [6.07, 6.45) is 1.36. The molecule has 0 amide bonds. The summed E-state index contributed by atoms with van der Waals surface area (Å²) in [7, 11) is 3.09. The van der Waals surface area contributed by atoms with Crippen molar-refractivity contribution in [1.29, 1.82) is 0 Å². The molecule has 0 saturated heterocycles. The largest absolute Gasteiger partial charge is 0.496 e. The predicted octanol–water partition coefficient (Wildman–Crippen LogP) is 1.93. The molecule has 0 unspecified atom stereocenters. The Labute approximate surface area is 102 Å². The number of aromatic nitrogens is 2. The first-order valence-electron chi connectivity index (χ1n) is 5.13. The Morgan fingerprint density at radius 2 is 2.22 bits per heavy atom. The fraction of sp³-hybridized carbons (Fsp3) is 0.167. The summed E-state index contributed by atoms with van der Waals surface area (Å²) in [4.78, 5) is 14.8. The fourth-order valence-electron chi connectivity index (χ4n) is 1.67. The SMILES string of the molecule is COc1ccc(F)cc1-c1nc(C(=O)O)cn1C. The van der Waals surface area contributed by atoms with Crippen molar-refractivity contribution in [1.82, 2.24) is 9.55 Å². The molecule has 0 saturated carbocycles. The minimum Gasteiger partial charge on any atom is -0.496 e. The Bertz CT molecular complexity index is 607. The van der Waals surface area contributed by atoms with Crippen molar-refractivity contribution >= 4 is 5.97 Å². The van der Waals surface area contributed by atoms with Crippen LogP contribution in [0, 0.1) is 5.82 Å². The summed E-state index contributed by atoms with van der Waals surface area (Å²) in [5.74, 6) is -0.802. The molecule has 2 aromatic rings. The summed E-state index contributed by atoms with van der Waals surface area (Å²) in [6, 6.07) is 4.00. The summed E-state index contributed by atoms with van der Waals surface area (Å²) < 4.78 is 19.9. The van der Waals surface area contributed by atoms with E-state index in [1.165, 1.54) is 36.1 Å². The van der Waals surface area contributed by atoms with Gasteiger partial charge in [0.15, 0.2) is 5.69 Å². The Hall–Kier alpha value is -2.37. The van der Waals surface area contributed by atoms with Crippen molar-refractivity contribution in [2.75, 3.05) is 7.11 Å². The van der Waals surface area contributed by atoms with Gasteiger partial charge in [-0.25, -0.2) is 14.2 Å². The molecule has 2 rings (SSSR count). The van der Waals surface area contributed by atoms with Crippen LogP contribution >= 0.6 is 0 Å². The zero-order valence-corrected chi connectivity index (χ0v) is 9.85. The summed E-state index contributed by atoms with van der Waals surface area (Å²) in [6.45, 7) is 0. The van der Waals surface area contributed by atoms with Crippen LogP contribution in [0.5, 0.6) is 5.75 Å². The van der Waals surface area contributed by atoms with E-state index in [1.807, 2.05) is 0 Å². The van der Waals surface area contributed by atoms with Crippen LogP contribution in [0.1, 0.15) is 10.5 Å². The van der Waals surface area contributed by atoms with Gasteiger partial charge in [0.2, 0.25) is 0 Å². The number of rotatable bonds is 3. The Morgan fingerprint density at radius 3 is 2.78 bits per heavy atom. The summed E-state index contributed by atoms with van der Waals surface area (Å²) >= 11 is 0. The maximum absolute atomic E-state index is 13.3. The number of methoxy groups -OCH3 is 1. The van der Waals surface area contributed by atoms with Gasteiger partial charge in [-0.05, 0) is 18.2 Å². The topological polar surface area (TPSA) is 64.3 Å². The lowest BCUT2D eigenvalue weighted by molar-refractivity contribution is 0.0691. The van der Waals surface area contributed by atoms with E-state index >= 15 is 0 Å². The maximum atomic E-state index is 13.3. The molecule has 0 atom stereocenters. The number of aromatic carboxylic acids is 1. The average molecular weight is 250 g/mol. The molecule has 0 radical (unpaired) electrons. The Kier molecular flexibility index (Phi) is 3.01. The van der Waals surface area contributed by atoms with Crippen LogP contribution < -0.4 is 4.74 Å². The third-order valence-corrected chi connectivity index (χ3v) is 2.50. The molecule has 0 aliphatic rings. The number of imidazole rings is 1. The number of benzene rings is 1. The third kappa shape index (κ3) is 2.04. The number of halogens is 1. The van der Waals surface area contributed by atoms with E-state index in [2.05, 4.69) is 4.98 Å². The fourth-order valence-corrected chi connectivity index (χ4v) is 1.67. The highest BCUT2D eigenvalue weighted by atomic mass is 19.1. The minimum atomic E-state index is -1.13. The number of nitrogens with zero attached hydrogens (tertiary/aromatic N) is 2. The first-order chi connectivity index (χ1) is 8.52. The number of aryl methyl sites for hydroxylation is 1. The first kappa shape index (κ1) is 12.1. The minimum absolute atomic E-state index is 0.0983. The molecule has 1 N–H and O–H groups in total. The molecule has 5 nitrogen and oxygen atoms in total. The highest BCUT2D eigenvalue weighted by molar-refractivity contribution is 5.86. The zero-order valence-electron chi connectivity index (χ0n) is 9.85. The smallest absolute Gasteiger partial charge is 0.356 e. The molecule has 0 spiro atoms. The lowest BCUT2D eigenvalue weighted by Crippen LogP contribution is -1.96. The van der Waals surface area contributed by atoms with Gasteiger partial charge in [0.25, 0.3) is 0 Å². The molecule has 0 aliphatic carbocycles. The molecule has 1 aromatic heterocycles. The van der Waals surface area contributed by atoms with Gasteiger partial charge in [-0.15, -0.1) is 0 Å². The maximum Gasteiger partial charge on any atom is 0.356 e. The van der Waals surface area contributed by atoms with Crippen LogP contribution in [0.15, 0.2) is 24.4 Å². The van der Waals surface area contributed by atoms with Crippen LogP contribution in [0.3, 0.4) is 0 Å². The second-order valence-electron chi connectivity index (χ2n) is 3.71. The Morgan fingerprint density at radius 1 is 1.50 bits per heavy atom. The van der Waals surface area contributed by atoms with E-state index in [1.54, 1.807) is 7.05 Å². The molecule has 94 valence electrons. The summed E-state index contributed by atoms with van der Waals surface area (Å²) in [5, 5.41) is 8.87. The average Bonchev–Trinajstić information content (AvgIpc) is 2.71. The highest BCUT2D eigenvalue weighted by Gasteiger charge is 2.16. The quantitative estimate of drug-likeness (QED) is 0.904. The number of carboxylic acid groups (broad SMARTS) is 1. The molecule has 18 heavy (non-hydrogen) atoms. The number of carbonyl (C=O) groups is 1. The van der Waals surface area contributed by atoms with Crippen molar-refractivity contribution in [3.8, 4) is 17.1 Å². The lowest BCUT2D eigenvalue weighted by Gasteiger charge is -2.07. The van der Waals surface area contributed by atoms with Gasteiger partial charge in [-0.1, -0.05) is 0 Å². The first-order valence-corrected chi connectivity index (χ1v) is 5.13. The molecule has 0 fully saturated rings. The number of hydrogen-bond acceptors (Lipinski definition) is 3. The van der Waals surface area contributed by atoms with Crippen molar-refractivity contribution in [3.05, 3.63) is 35.9 Å². The number of ether oxygens (including phenoxy) is 1. The van der Waals surface area contributed by atoms with E-state index in [0.717, 1.165) is 0 Å². The van der Waals surface area contributed by atoms with Crippen molar-refractivity contribution in [2.24, 2.45) is 7.05 Å². The highest BCUT2D eigenvalue weighted by Crippen LogP contribution is 2.29. The molecule has 0 bridgehead atoms. The molecule has 1 heterocycles. The van der Waals surface area contributed by atoms with Gasteiger partial charge in [-0.2, -0.15) is 0 Å². The van der Waals surface area contributed by atoms with Crippen LogP contribution in [0.25, 0.3) is 11.4 Å². The Balaban J connectivity index is 2.60. The van der Waals surface area contributed by atoms with Crippen molar-refractivity contribution in [2.45, 2.75) is 0 Å². The van der Waals surface area contributed by atoms with Gasteiger partial charge in [0.1, 0.15) is 17.4 Å². The van der Waals surface area contributed by atoms with Crippen LogP contribution in [-0.4, -0.2) is 27.7 Å². The van der Waals surface area contributed by atoms with E-state index in [-0.39, 0.29) is 5.69 Å². The molecular formula is C12H11FN2O3. The lowest BCUT2D eigenvalue weighted by atomic mass is 10.2.